The first-order valence-electron chi connectivity index (χ1n) is 6.04. The van der Waals surface area contributed by atoms with Gasteiger partial charge in [0, 0.05) is 24.7 Å². The second kappa shape index (κ2) is 6.93. The third-order valence-electron chi connectivity index (χ3n) is 3.80. The molecule has 3 rings (SSSR count). The Hall–Kier alpha value is -0.290. The van der Waals surface area contributed by atoms with Crippen molar-refractivity contribution in [1.29, 1.82) is 0 Å². The van der Waals surface area contributed by atoms with Gasteiger partial charge in [0.25, 0.3) is 0 Å². The van der Waals surface area contributed by atoms with Crippen molar-refractivity contribution in [2.75, 3.05) is 24.5 Å². The van der Waals surface area contributed by atoms with Gasteiger partial charge in [0.05, 0.1) is 11.9 Å². The molecule has 0 aromatic carbocycles. The number of aromatic nitrogens is 1. The number of hydrogen-bond acceptors (Lipinski definition) is 3. The van der Waals surface area contributed by atoms with Gasteiger partial charge in [0.2, 0.25) is 0 Å². The number of pyridine rings is 1. The molecular weight excluding hydrogens is 349 g/mol. The Balaban J connectivity index is 0.000000902. The topological polar surface area (TPSA) is 28.2 Å². The van der Waals surface area contributed by atoms with Crippen LogP contribution in [0, 0.1) is 5.92 Å². The Morgan fingerprint density at radius 3 is 2.89 bits per heavy atom. The van der Waals surface area contributed by atoms with Crippen molar-refractivity contribution < 1.29 is 0 Å². The highest BCUT2D eigenvalue weighted by atomic mass is 79.9. The molecule has 6 heteroatoms. The standard InChI is InChI=1S/C13H16BrN3.2ClH/c1-2-9-5-11(6-16-13(9)14)17-7-10-3-4-15-12(10)8-17;;/h2,5-6,10,12,15H,1,3-4,7-8H2;2*1H. The maximum Gasteiger partial charge on any atom is 0.113 e. The predicted octanol–water partition coefficient (Wildman–Crippen LogP) is 3.13. The van der Waals surface area contributed by atoms with Gasteiger partial charge in [-0.15, -0.1) is 24.8 Å². The van der Waals surface area contributed by atoms with E-state index in [0.717, 1.165) is 29.2 Å². The molecule has 0 aliphatic carbocycles. The van der Waals surface area contributed by atoms with Crippen molar-refractivity contribution in [3.05, 3.63) is 29.0 Å². The molecule has 2 aliphatic heterocycles. The zero-order valence-electron chi connectivity index (χ0n) is 10.5. The van der Waals surface area contributed by atoms with Crippen LogP contribution in [0.25, 0.3) is 6.08 Å². The number of halogens is 3. The number of rotatable bonds is 2. The fourth-order valence-corrected chi connectivity index (χ4v) is 3.21. The van der Waals surface area contributed by atoms with Crippen molar-refractivity contribution in [3.8, 4) is 0 Å². The van der Waals surface area contributed by atoms with E-state index in [0.29, 0.717) is 6.04 Å². The van der Waals surface area contributed by atoms with Gasteiger partial charge >= 0.3 is 0 Å². The summed E-state index contributed by atoms with van der Waals surface area (Å²) in [6.07, 6.45) is 5.09. The fourth-order valence-electron chi connectivity index (χ4n) is 2.83. The van der Waals surface area contributed by atoms with Gasteiger partial charge in [-0.25, -0.2) is 4.98 Å². The summed E-state index contributed by atoms with van der Waals surface area (Å²) in [5.74, 6) is 0.811. The van der Waals surface area contributed by atoms with Gasteiger partial charge in [-0.3, -0.25) is 0 Å². The second-order valence-corrected chi connectivity index (χ2v) is 5.54. The maximum atomic E-state index is 4.37. The molecule has 3 nitrogen and oxygen atoms in total. The van der Waals surface area contributed by atoms with Crippen LogP contribution >= 0.6 is 40.7 Å². The lowest BCUT2D eigenvalue weighted by molar-refractivity contribution is 0.556. The first-order valence-corrected chi connectivity index (χ1v) is 6.83. The third-order valence-corrected chi connectivity index (χ3v) is 4.46. The molecule has 2 aliphatic rings. The van der Waals surface area contributed by atoms with E-state index in [9.17, 15) is 0 Å². The van der Waals surface area contributed by atoms with Crippen LogP contribution in [0.15, 0.2) is 23.4 Å². The molecular formula is C13H18BrCl2N3. The van der Waals surface area contributed by atoms with Crippen molar-refractivity contribution in [2.45, 2.75) is 12.5 Å². The van der Waals surface area contributed by atoms with Crippen molar-refractivity contribution in [3.63, 3.8) is 0 Å². The molecule has 3 heterocycles. The average Bonchev–Trinajstić information content (AvgIpc) is 2.90. The van der Waals surface area contributed by atoms with Gasteiger partial charge < -0.3 is 10.2 Å². The molecule has 1 aromatic rings. The molecule has 0 spiro atoms. The maximum absolute atomic E-state index is 4.37. The van der Waals surface area contributed by atoms with E-state index in [1.807, 2.05) is 12.3 Å². The average molecular weight is 367 g/mol. The largest absolute Gasteiger partial charge is 0.368 e. The quantitative estimate of drug-likeness (QED) is 0.815. The summed E-state index contributed by atoms with van der Waals surface area (Å²) in [5.41, 5.74) is 2.27. The van der Waals surface area contributed by atoms with Crippen molar-refractivity contribution >= 4 is 52.5 Å². The second-order valence-electron chi connectivity index (χ2n) is 4.79. The number of anilines is 1. The lowest BCUT2D eigenvalue weighted by atomic mass is 10.1. The van der Waals surface area contributed by atoms with E-state index in [2.05, 4.69) is 43.8 Å². The summed E-state index contributed by atoms with van der Waals surface area (Å²) >= 11 is 3.43. The highest BCUT2D eigenvalue weighted by Gasteiger charge is 2.36. The molecule has 1 N–H and O–H groups in total. The third kappa shape index (κ3) is 3.24. The summed E-state index contributed by atoms with van der Waals surface area (Å²) in [6.45, 7) is 7.25. The number of nitrogens with zero attached hydrogens (tertiary/aromatic N) is 2. The minimum atomic E-state index is 0. The van der Waals surface area contributed by atoms with Gasteiger partial charge in [-0.2, -0.15) is 0 Å². The van der Waals surface area contributed by atoms with Crippen LogP contribution in [0.4, 0.5) is 5.69 Å². The summed E-state index contributed by atoms with van der Waals surface area (Å²) < 4.78 is 0.869. The molecule has 2 unspecified atom stereocenters. The Morgan fingerprint density at radius 2 is 2.21 bits per heavy atom. The van der Waals surface area contributed by atoms with Crippen LogP contribution in [0.2, 0.25) is 0 Å². The molecule has 106 valence electrons. The van der Waals surface area contributed by atoms with Gasteiger partial charge in [0.1, 0.15) is 4.60 Å². The summed E-state index contributed by atoms with van der Waals surface area (Å²) in [5, 5.41) is 3.57. The van der Waals surface area contributed by atoms with Crippen LogP contribution in [0.5, 0.6) is 0 Å². The van der Waals surface area contributed by atoms with Crippen molar-refractivity contribution in [2.24, 2.45) is 5.92 Å². The SMILES string of the molecule is C=Cc1cc(N2CC3CCNC3C2)cnc1Br.Cl.Cl. The summed E-state index contributed by atoms with van der Waals surface area (Å²) in [7, 11) is 0. The van der Waals surface area contributed by atoms with Crippen LogP contribution in [-0.4, -0.2) is 30.7 Å². The number of fused-ring (bicyclic) bond motifs is 1. The molecule has 2 atom stereocenters. The van der Waals surface area contributed by atoms with Gasteiger partial charge in [-0.05, 0) is 40.9 Å². The minimum Gasteiger partial charge on any atom is -0.368 e. The highest BCUT2D eigenvalue weighted by Crippen LogP contribution is 2.30. The first kappa shape index (κ1) is 16.8. The van der Waals surface area contributed by atoms with Crippen molar-refractivity contribution in [1.82, 2.24) is 10.3 Å². The van der Waals surface area contributed by atoms with Crippen LogP contribution in [0.1, 0.15) is 12.0 Å². The smallest absolute Gasteiger partial charge is 0.113 e. The van der Waals surface area contributed by atoms with E-state index in [1.165, 1.54) is 18.7 Å². The fraction of sp³-hybridized carbons (Fsp3) is 0.462. The van der Waals surface area contributed by atoms with Crippen LogP contribution in [-0.2, 0) is 0 Å². The lowest BCUT2D eigenvalue weighted by Gasteiger charge is -2.19. The molecule has 0 saturated carbocycles. The molecule has 1 aromatic heterocycles. The minimum absolute atomic E-state index is 0. The lowest BCUT2D eigenvalue weighted by Crippen LogP contribution is -2.30. The molecule has 19 heavy (non-hydrogen) atoms. The van der Waals surface area contributed by atoms with E-state index in [1.54, 1.807) is 0 Å². The van der Waals surface area contributed by atoms with E-state index in [-0.39, 0.29) is 24.8 Å². The molecule has 2 fully saturated rings. The molecule has 0 bridgehead atoms. The van der Waals surface area contributed by atoms with Crippen LogP contribution < -0.4 is 10.2 Å². The molecule has 0 radical (unpaired) electrons. The van der Waals surface area contributed by atoms with Gasteiger partial charge in [-0.1, -0.05) is 12.7 Å². The molecule has 0 amide bonds. The molecule has 2 saturated heterocycles. The number of nitrogens with one attached hydrogen (secondary N) is 1. The Kier molecular flexibility index (Phi) is 6.12. The Labute approximate surface area is 134 Å². The van der Waals surface area contributed by atoms with E-state index in [4.69, 9.17) is 0 Å². The Bertz CT molecular complexity index is 444. The monoisotopic (exact) mass is 365 g/mol. The first-order chi connectivity index (χ1) is 8.28. The predicted molar refractivity (Wildman–Crippen MR) is 88.6 cm³/mol. The Morgan fingerprint density at radius 1 is 1.42 bits per heavy atom. The number of hydrogen-bond donors (Lipinski definition) is 1. The van der Waals surface area contributed by atoms with E-state index >= 15 is 0 Å². The van der Waals surface area contributed by atoms with Gasteiger partial charge in [0.15, 0.2) is 0 Å². The highest BCUT2D eigenvalue weighted by molar-refractivity contribution is 9.10. The zero-order valence-corrected chi connectivity index (χ0v) is 13.7. The summed E-state index contributed by atoms with van der Waals surface area (Å²) in [6, 6.07) is 2.83. The normalized spacial score (nSPS) is 24.4. The summed E-state index contributed by atoms with van der Waals surface area (Å²) in [4.78, 5) is 6.80. The van der Waals surface area contributed by atoms with E-state index < -0.39 is 0 Å². The zero-order chi connectivity index (χ0) is 11.8. The van der Waals surface area contributed by atoms with Crippen LogP contribution in [0.3, 0.4) is 0 Å².